The normalized spacial score (nSPS) is 11.2. The molecule has 1 aromatic heterocycles. The summed E-state index contributed by atoms with van der Waals surface area (Å²) in [4.78, 5) is 28.7. The Morgan fingerprint density at radius 3 is 2.41 bits per heavy atom. The molecule has 4 heteroatoms. The summed E-state index contributed by atoms with van der Waals surface area (Å²) in [6, 6.07) is 20.9. The molecule has 1 heterocycles. The molecule has 0 bridgehead atoms. The number of fused-ring (bicyclic) bond motifs is 1. The van der Waals surface area contributed by atoms with Gasteiger partial charge in [-0.3, -0.25) is 9.59 Å². The monoisotopic (exact) mass is 383 g/mol. The van der Waals surface area contributed by atoms with Gasteiger partial charge in [-0.1, -0.05) is 60.2 Å². The average molecular weight is 383 g/mol. The van der Waals surface area contributed by atoms with E-state index in [0.29, 0.717) is 16.6 Å². The van der Waals surface area contributed by atoms with E-state index in [4.69, 9.17) is 0 Å². The molecule has 3 nitrogen and oxygen atoms in total. The smallest absolute Gasteiger partial charge is 0.260 e. The zero-order valence-electron chi connectivity index (χ0n) is 15.8. The minimum absolute atomic E-state index is 0.0904. The molecule has 0 aliphatic rings. The molecule has 0 saturated carbocycles. The topological polar surface area (TPSA) is 49.9 Å². The van der Waals surface area contributed by atoms with E-state index in [1.165, 1.54) is 18.2 Å². The fourth-order valence-corrected chi connectivity index (χ4v) is 3.38. The van der Waals surface area contributed by atoms with Crippen molar-refractivity contribution >= 4 is 22.8 Å². The van der Waals surface area contributed by atoms with Crippen LogP contribution in [-0.4, -0.2) is 10.8 Å². The van der Waals surface area contributed by atoms with Gasteiger partial charge in [-0.15, -0.1) is 0 Å². The zero-order chi connectivity index (χ0) is 20.4. The van der Waals surface area contributed by atoms with Crippen LogP contribution in [0.2, 0.25) is 0 Å². The van der Waals surface area contributed by atoms with Crippen LogP contribution >= 0.6 is 0 Å². The van der Waals surface area contributed by atoms with Crippen LogP contribution in [-0.2, 0) is 0 Å². The van der Waals surface area contributed by atoms with Crippen molar-refractivity contribution in [1.82, 2.24) is 4.98 Å². The first-order valence-electron chi connectivity index (χ1n) is 9.23. The summed E-state index contributed by atoms with van der Waals surface area (Å²) in [5, 5.41) is 0.814. The van der Waals surface area contributed by atoms with Gasteiger partial charge in [-0.2, -0.15) is 0 Å². The largest absolute Gasteiger partial charge is 0.321 e. The lowest BCUT2D eigenvalue weighted by atomic mass is 9.93. The number of rotatable bonds is 4. The quantitative estimate of drug-likeness (QED) is 0.372. The molecule has 4 rings (SSSR count). The first kappa shape index (κ1) is 18.6. The SMILES string of the molecule is Cc1ccc2[nH]c(=O)c(C(=O)C=Cc3ccc(F)cc3)c(-c3ccccc3)c2c1. The Bertz CT molecular complexity index is 1290. The van der Waals surface area contributed by atoms with Crippen molar-refractivity contribution in [2.24, 2.45) is 0 Å². The molecule has 0 saturated heterocycles. The van der Waals surface area contributed by atoms with E-state index in [2.05, 4.69) is 4.98 Å². The standard InChI is InChI=1S/C25H18FNO2/c1-16-7-13-21-20(15-16)23(18-5-3-2-4-6-18)24(25(29)27-21)22(28)14-10-17-8-11-19(26)12-9-17/h2-15H,1H3,(H,27,29). The second-order valence-electron chi connectivity index (χ2n) is 6.87. The highest BCUT2D eigenvalue weighted by Crippen LogP contribution is 2.30. The molecule has 0 amide bonds. The van der Waals surface area contributed by atoms with Gasteiger partial charge in [0.1, 0.15) is 5.82 Å². The second-order valence-corrected chi connectivity index (χ2v) is 6.87. The molecule has 0 radical (unpaired) electrons. The summed E-state index contributed by atoms with van der Waals surface area (Å²) in [5.41, 5.74) is 3.45. The van der Waals surface area contributed by atoms with E-state index in [9.17, 15) is 14.0 Å². The van der Waals surface area contributed by atoms with Gasteiger partial charge in [0.05, 0.1) is 5.56 Å². The highest BCUT2D eigenvalue weighted by molar-refractivity contribution is 6.15. The van der Waals surface area contributed by atoms with Crippen LogP contribution in [0.3, 0.4) is 0 Å². The number of aromatic nitrogens is 1. The van der Waals surface area contributed by atoms with Crippen LogP contribution < -0.4 is 5.56 Å². The molecule has 0 spiro atoms. The first-order valence-corrected chi connectivity index (χ1v) is 9.23. The van der Waals surface area contributed by atoms with Crippen LogP contribution in [0.5, 0.6) is 0 Å². The lowest BCUT2D eigenvalue weighted by molar-refractivity contribution is 0.104. The van der Waals surface area contributed by atoms with Gasteiger partial charge in [0, 0.05) is 16.5 Å². The van der Waals surface area contributed by atoms with E-state index < -0.39 is 11.3 Å². The van der Waals surface area contributed by atoms with Crippen LogP contribution in [0.15, 0.2) is 83.7 Å². The molecule has 3 aromatic carbocycles. The number of allylic oxidation sites excluding steroid dienone is 1. The van der Waals surface area contributed by atoms with E-state index >= 15 is 0 Å². The summed E-state index contributed by atoms with van der Waals surface area (Å²) < 4.78 is 13.1. The van der Waals surface area contributed by atoms with E-state index in [-0.39, 0.29) is 11.4 Å². The number of aryl methyl sites for hydroxylation is 1. The van der Waals surface area contributed by atoms with Crippen LogP contribution in [0.4, 0.5) is 4.39 Å². The Morgan fingerprint density at radius 2 is 1.69 bits per heavy atom. The zero-order valence-corrected chi connectivity index (χ0v) is 15.8. The van der Waals surface area contributed by atoms with E-state index in [0.717, 1.165) is 16.5 Å². The summed E-state index contributed by atoms with van der Waals surface area (Å²) >= 11 is 0. The number of benzene rings is 3. The van der Waals surface area contributed by atoms with Crippen LogP contribution in [0.25, 0.3) is 28.1 Å². The number of hydrogen-bond donors (Lipinski definition) is 1. The van der Waals surface area contributed by atoms with Crippen molar-refractivity contribution in [3.05, 3.63) is 112 Å². The lowest BCUT2D eigenvalue weighted by Gasteiger charge is -2.12. The molecular formula is C25H18FNO2. The van der Waals surface area contributed by atoms with Crippen molar-refractivity contribution in [2.45, 2.75) is 6.92 Å². The number of H-pyrrole nitrogens is 1. The van der Waals surface area contributed by atoms with Crippen LogP contribution in [0.1, 0.15) is 21.5 Å². The maximum absolute atomic E-state index is 13.1. The summed E-state index contributed by atoms with van der Waals surface area (Å²) in [5.74, 6) is -0.751. The lowest BCUT2D eigenvalue weighted by Crippen LogP contribution is -2.18. The Labute approximate surface area is 167 Å². The Morgan fingerprint density at radius 1 is 0.966 bits per heavy atom. The van der Waals surface area contributed by atoms with E-state index in [1.807, 2.05) is 55.5 Å². The third-order valence-electron chi connectivity index (χ3n) is 4.78. The predicted molar refractivity (Wildman–Crippen MR) is 115 cm³/mol. The molecule has 1 N–H and O–H groups in total. The number of carbonyl (C=O) groups is 1. The third-order valence-corrected chi connectivity index (χ3v) is 4.78. The average Bonchev–Trinajstić information content (AvgIpc) is 2.73. The minimum Gasteiger partial charge on any atom is -0.321 e. The number of ketones is 1. The number of hydrogen-bond acceptors (Lipinski definition) is 2. The minimum atomic E-state index is -0.436. The van der Waals surface area contributed by atoms with Crippen molar-refractivity contribution in [1.29, 1.82) is 0 Å². The van der Waals surface area contributed by atoms with Gasteiger partial charge < -0.3 is 4.98 Å². The molecule has 29 heavy (non-hydrogen) atoms. The summed E-state index contributed by atoms with van der Waals surface area (Å²) in [6.45, 7) is 1.97. The molecule has 0 fully saturated rings. The molecule has 0 aliphatic carbocycles. The fraction of sp³-hybridized carbons (Fsp3) is 0.0400. The Hall–Kier alpha value is -3.79. The molecule has 0 aliphatic heterocycles. The number of nitrogens with one attached hydrogen (secondary N) is 1. The van der Waals surface area contributed by atoms with Gasteiger partial charge in [-0.25, -0.2) is 4.39 Å². The number of pyridine rings is 1. The van der Waals surface area contributed by atoms with Gasteiger partial charge >= 0.3 is 0 Å². The number of carbonyl (C=O) groups excluding carboxylic acids is 1. The molecular weight excluding hydrogens is 365 g/mol. The molecule has 0 unspecified atom stereocenters. The number of aromatic amines is 1. The van der Waals surface area contributed by atoms with Crippen LogP contribution in [0, 0.1) is 12.7 Å². The van der Waals surface area contributed by atoms with Gasteiger partial charge in [0.2, 0.25) is 0 Å². The maximum Gasteiger partial charge on any atom is 0.260 e. The van der Waals surface area contributed by atoms with Crippen molar-refractivity contribution in [3.63, 3.8) is 0 Å². The Balaban J connectivity index is 1.91. The van der Waals surface area contributed by atoms with Crippen molar-refractivity contribution < 1.29 is 9.18 Å². The highest BCUT2D eigenvalue weighted by Gasteiger charge is 2.19. The van der Waals surface area contributed by atoms with Gasteiger partial charge in [-0.05, 0) is 48.4 Å². The highest BCUT2D eigenvalue weighted by atomic mass is 19.1. The van der Waals surface area contributed by atoms with Crippen molar-refractivity contribution in [2.75, 3.05) is 0 Å². The Kier molecular flexibility index (Phi) is 4.92. The predicted octanol–water partition coefficient (Wildman–Crippen LogP) is 5.54. The molecule has 0 atom stereocenters. The van der Waals surface area contributed by atoms with E-state index in [1.54, 1.807) is 18.2 Å². The first-order chi connectivity index (χ1) is 14.0. The third kappa shape index (κ3) is 3.78. The summed E-state index contributed by atoms with van der Waals surface area (Å²) in [6.07, 6.45) is 2.93. The molecule has 142 valence electrons. The fourth-order valence-electron chi connectivity index (χ4n) is 3.38. The second kappa shape index (κ2) is 7.68. The van der Waals surface area contributed by atoms with Crippen molar-refractivity contribution in [3.8, 4) is 11.1 Å². The number of halogens is 1. The maximum atomic E-state index is 13.1. The molecule has 4 aromatic rings. The summed E-state index contributed by atoms with van der Waals surface area (Å²) in [7, 11) is 0. The van der Waals surface area contributed by atoms with Gasteiger partial charge in [0.25, 0.3) is 5.56 Å². The van der Waals surface area contributed by atoms with Gasteiger partial charge in [0.15, 0.2) is 5.78 Å².